The van der Waals surface area contributed by atoms with Gasteiger partial charge in [0.2, 0.25) is 5.95 Å². The van der Waals surface area contributed by atoms with Gasteiger partial charge in [-0.1, -0.05) is 0 Å². The summed E-state index contributed by atoms with van der Waals surface area (Å²) in [6.07, 6.45) is 5.17. The largest absolute Gasteiger partial charge is 0.393 e. The zero-order chi connectivity index (χ0) is 24.5. The maximum atomic E-state index is 14.7. The lowest BCUT2D eigenvalue weighted by Crippen LogP contribution is -2.53. The number of hydrogen-bond acceptors (Lipinski definition) is 8. The molecule has 1 aromatic heterocycles. The molecule has 0 spiro atoms. The first kappa shape index (κ1) is 24.3. The summed E-state index contributed by atoms with van der Waals surface area (Å²) in [7, 11) is -3.48. The Labute approximate surface area is 198 Å². The highest BCUT2D eigenvalue weighted by Crippen LogP contribution is 2.26. The van der Waals surface area contributed by atoms with Crippen LogP contribution in [0.15, 0.2) is 35.4 Å². The van der Waals surface area contributed by atoms with Gasteiger partial charge in [-0.25, -0.2) is 22.8 Å². The van der Waals surface area contributed by atoms with Crippen molar-refractivity contribution in [2.24, 2.45) is 0 Å². The lowest BCUT2D eigenvalue weighted by atomic mass is 9.93. The van der Waals surface area contributed by atoms with Crippen LogP contribution in [0, 0.1) is 5.82 Å². The van der Waals surface area contributed by atoms with Gasteiger partial charge in [-0.2, -0.15) is 0 Å². The van der Waals surface area contributed by atoms with E-state index in [0.717, 1.165) is 25.2 Å². The molecule has 2 aromatic rings. The van der Waals surface area contributed by atoms with Crippen molar-refractivity contribution in [3.63, 3.8) is 0 Å². The molecule has 0 unspecified atom stereocenters. The smallest absolute Gasteiger partial charge is 0.270 e. The summed E-state index contributed by atoms with van der Waals surface area (Å²) in [6, 6.07) is 5.51. The molecule has 2 N–H and O–H groups in total. The Bertz CT molecular complexity index is 1150. The number of nitrogens with zero attached hydrogens (tertiary/aromatic N) is 4. The second-order valence-corrected chi connectivity index (χ2v) is 11.1. The lowest BCUT2D eigenvalue weighted by Gasteiger charge is -2.41. The Morgan fingerprint density at radius 1 is 1.18 bits per heavy atom. The van der Waals surface area contributed by atoms with E-state index >= 15 is 0 Å². The normalized spacial score (nSPS) is 23.6. The second-order valence-electron chi connectivity index (χ2n) is 9.09. The van der Waals surface area contributed by atoms with E-state index in [9.17, 15) is 22.7 Å². The first-order chi connectivity index (χ1) is 16.1. The molecule has 2 fully saturated rings. The number of rotatable bonds is 5. The summed E-state index contributed by atoms with van der Waals surface area (Å²) < 4.78 is 38.0. The lowest BCUT2D eigenvalue weighted by molar-refractivity contribution is 0.0863. The van der Waals surface area contributed by atoms with Crippen molar-refractivity contribution in [2.75, 3.05) is 35.7 Å². The fourth-order valence-corrected chi connectivity index (χ4v) is 5.17. The number of aromatic nitrogens is 2. The Hall–Kier alpha value is -2.79. The number of carbonyl (C=O) groups excluding carboxylic acids is 1. The number of benzene rings is 1. The van der Waals surface area contributed by atoms with E-state index in [1.807, 2.05) is 16.7 Å². The molecule has 1 aromatic carbocycles. The van der Waals surface area contributed by atoms with Crippen molar-refractivity contribution >= 4 is 27.4 Å². The number of anilines is 2. The highest BCUT2D eigenvalue weighted by atomic mass is 32.2. The molecule has 2 aliphatic rings. The van der Waals surface area contributed by atoms with Crippen molar-refractivity contribution in [3.8, 4) is 0 Å². The molecule has 1 saturated carbocycles. The van der Waals surface area contributed by atoms with Gasteiger partial charge in [-0.3, -0.25) is 4.79 Å². The van der Waals surface area contributed by atoms with Crippen molar-refractivity contribution in [1.82, 2.24) is 15.3 Å². The molecule has 184 valence electrons. The number of halogens is 1. The van der Waals surface area contributed by atoms with Crippen LogP contribution >= 0.6 is 0 Å². The zero-order valence-electron chi connectivity index (χ0n) is 19.3. The molecule has 11 heteroatoms. The Balaban J connectivity index is 1.42. The van der Waals surface area contributed by atoms with E-state index < -0.39 is 15.7 Å². The highest BCUT2D eigenvalue weighted by molar-refractivity contribution is 7.90. The molecule has 34 heavy (non-hydrogen) atoms. The van der Waals surface area contributed by atoms with Crippen LogP contribution < -0.4 is 15.1 Å². The number of hydrogen-bond donors (Lipinski definition) is 2. The fourth-order valence-electron chi connectivity index (χ4n) is 4.54. The van der Waals surface area contributed by atoms with Crippen LogP contribution in [0.25, 0.3) is 0 Å². The molecule has 9 nitrogen and oxygen atoms in total. The molecular formula is C23H30FN5O4S. The molecule has 4 rings (SSSR count). The molecule has 0 bridgehead atoms. The van der Waals surface area contributed by atoms with Gasteiger partial charge in [0.05, 0.1) is 16.7 Å². The molecule has 1 aliphatic heterocycles. The summed E-state index contributed by atoms with van der Waals surface area (Å²) in [5.41, 5.74) is 0.638. The van der Waals surface area contributed by atoms with E-state index in [1.165, 1.54) is 12.1 Å². The molecule has 1 atom stereocenters. The Kier molecular flexibility index (Phi) is 7.04. The van der Waals surface area contributed by atoms with E-state index in [1.54, 1.807) is 12.3 Å². The van der Waals surface area contributed by atoms with Crippen molar-refractivity contribution in [2.45, 2.75) is 55.7 Å². The predicted molar refractivity (Wildman–Crippen MR) is 126 cm³/mol. The van der Waals surface area contributed by atoms with E-state index in [-0.39, 0.29) is 34.7 Å². The van der Waals surface area contributed by atoms with Crippen molar-refractivity contribution < 1.29 is 22.7 Å². The minimum Gasteiger partial charge on any atom is -0.393 e. The monoisotopic (exact) mass is 491 g/mol. The van der Waals surface area contributed by atoms with Gasteiger partial charge in [-0.15, -0.1) is 0 Å². The maximum absolute atomic E-state index is 14.7. The minimum absolute atomic E-state index is 0.0285. The minimum atomic E-state index is -3.48. The molecular weight excluding hydrogens is 461 g/mol. The molecule has 0 radical (unpaired) electrons. The highest BCUT2D eigenvalue weighted by Gasteiger charge is 2.28. The summed E-state index contributed by atoms with van der Waals surface area (Å²) in [4.78, 5) is 25.3. The number of aliphatic hydroxyl groups is 1. The van der Waals surface area contributed by atoms with Gasteiger partial charge in [0.25, 0.3) is 5.91 Å². The van der Waals surface area contributed by atoms with Gasteiger partial charge in [0, 0.05) is 44.2 Å². The Morgan fingerprint density at radius 3 is 2.56 bits per heavy atom. The number of piperazine rings is 1. The number of sulfone groups is 1. The number of amides is 1. The SMILES string of the molecule is C[C@@H]1CN(c2ccc(S(C)(=O)=O)cc2F)CCN1c1nccc(C(=O)NC2CCC(O)CC2)n1. The van der Waals surface area contributed by atoms with Crippen LogP contribution in [-0.4, -0.2) is 73.5 Å². The van der Waals surface area contributed by atoms with Crippen LogP contribution in [0.5, 0.6) is 0 Å². The molecule has 2 heterocycles. The average Bonchev–Trinajstić information content (AvgIpc) is 2.80. The zero-order valence-corrected chi connectivity index (χ0v) is 20.1. The summed E-state index contributed by atoms with van der Waals surface area (Å²) in [5.74, 6) is -0.398. The van der Waals surface area contributed by atoms with Crippen molar-refractivity contribution in [3.05, 3.63) is 42.0 Å². The Morgan fingerprint density at radius 2 is 1.91 bits per heavy atom. The second kappa shape index (κ2) is 9.83. The number of aliphatic hydroxyl groups excluding tert-OH is 1. The third-order valence-electron chi connectivity index (χ3n) is 6.48. The van der Waals surface area contributed by atoms with E-state index in [2.05, 4.69) is 15.3 Å². The summed E-state index contributed by atoms with van der Waals surface area (Å²) >= 11 is 0. The number of carbonyl (C=O) groups is 1. The van der Waals surface area contributed by atoms with Crippen LogP contribution in [-0.2, 0) is 9.84 Å². The predicted octanol–water partition coefficient (Wildman–Crippen LogP) is 1.77. The van der Waals surface area contributed by atoms with Gasteiger partial charge in [0.1, 0.15) is 11.5 Å². The van der Waals surface area contributed by atoms with Crippen LogP contribution in [0.4, 0.5) is 16.0 Å². The molecule has 1 aliphatic carbocycles. The molecule has 1 amide bonds. The maximum Gasteiger partial charge on any atom is 0.270 e. The van der Waals surface area contributed by atoms with Gasteiger partial charge < -0.3 is 20.2 Å². The third-order valence-corrected chi connectivity index (χ3v) is 7.59. The topological polar surface area (TPSA) is 116 Å². The average molecular weight is 492 g/mol. The first-order valence-corrected chi connectivity index (χ1v) is 13.3. The van der Waals surface area contributed by atoms with Gasteiger partial charge >= 0.3 is 0 Å². The summed E-state index contributed by atoms with van der Waals surface area (Å²) in [6.45, 7) is 3.46. The van der Waals surface area contributed by atoms with Crippen LogP contribution in [0.2, 0.25) is 0 Å². The van der Waals surface area contributed by atoms with Crippen LogP contribution in [0.3, 0.4) is 0 Å². The van der Waals surface area contributed by atoms with Gasteiger partial charge in [0.15, 0.2) is 9.84 Å². The summed E-state index contributed by atoms with van der Waals surface area (Å²) in [5, 5.41) is 12.6. The standard InChI is InChI=1S/C23H30FN5O4S/c1-15-14-28(21-8-7-18(13-19(21)24)34(2,32)33)11-12-29(15)23-25-10-9-20(27-23)22(31)26-16-3-5-17(30)6-4-16/h7-10,13,15-17,30H,3-6,11-12,14H2,1-2H3,(H,26,31)/t15-,16?,17?/m1/s1. The third kappa shape index (κ3) is 5.47. The quantitative estimate of drug-likeness (QED) is 0.650. The van der Waals surface area contributed by atoms with Gasteiger partial charge in [-0.05, 0) is 56.9 Å². The molecule has 1 saturated heterocycles. The van der Waals surface area contributed by atoms with Crippen molar-refractivity contribution in [1.29, 1.82) is 0 Å². The fraction of sp³-hybridized carbons (Fsp3) is 0.522. The van der Waals surface area contributed by atoms with E-state index in [4.69, 9.17) is 0 Å². The first-order valence-electron chi connectivity index (χ1n) is 11.4. The number of nitrogens with one attached hydrogen (secondary N) is 1. The van der Waals surface area contributed by atoms with Crippen LogP contribution in [0.1, 0.15) is 43.1 Å². The van der Waals surface area contributed by atoms with E-state index in [0.29, 0.717) is 44.1 Å².